The molecule has 4 N–H and O–H groups in total. The average Bonchev–Trinajstić information content (AvgIpc) is 3.19. The minimum absolute atomic E-state index is 0.143. The van der Waals surface area contributed by atoms with Gasteiger partial charge in [-0.2, -0.15) is 0 Å². The third-order valence-electron chi connectivity index (χ3n) is 5.03. The number of phenols is 1. The first-order valence-electron chi connectivity index (χ1n) is 9.77. The number of amides is 3. The number of benzene rings is 1. The SMILES string of the molecule is CC(NCl)C(=O)NC(C(=O)N1CCCC1C(=O)NCc1ccc(O)cc1)C(C)C. The fraction of sp³-hybridized carbons (Fsp3) is 0.550. The number of likely N-dealkylation sites (tertiary alicyclic amines) is 1. The first-order valence-corrected chi connectivity index (χ1v) is 10.1. The topological polar surface area (TPSA) is 111 Å². The summed E-state index contributed by atoms with van der Waals surface area (Å²) < 4.78 is 0. The first-order chi connectivity index (χ1) is 13.7. The molecule has 0 radical (unpaired) electrons. The van der Waals surface area contributed by atoms with Gasteiger partial charge in [-0.15, -0.1) is 0 Å². The molecule has 0 aromatic heterocycles. The monoisotopic (exact) mass is 424 g/mol. The Bertz CT molecular complexity index is 726. The Morgan fingerprint density at radius 1 is 1.21 bits per heavy atom. The number of aromatic hydroxyl groups is 1. The summed E-state index contributed by atoms with van der Waals surface area (Å²) in [6.07, 6.45) is 1.30. The second kappa shape index (κ2) is 10.5. The van der Waals surface area contributed by atoms with Crippen molar-refractivity contribution in [3.05, 3.63) is 29.8 Å². The van der Waals surface area contributed by atoms with Gasteiger partial charge in [0.25, 0.3) is 0 Å². The van der Waals surface area contributed by atoms with Gasteiger partial charge < -0.3 is 20.6 Å². The highest BCUT2D eigenvalue weighted by atomic mass is 35.5. The minimum Gasteiger partial charge on any atom is -0.508 e. The van der Waals surface area contributed by atoms with Crippen molar-refractivity contribution in [3.63, 3.8) is 0 Å². The average molecular weight is 425 g/mol. The van der Waals surface area contributed by atoms with Crippen LogP contribution < -0.4 is 15.5 Å². The van der Waals surface area contributed by atoms with E-state index in [4.69, 9.17) is 11.8 Å². The smallest absolute Gasteiger partial charge is 0.246 e. The quantitative estimate of drug-likeness (QED) is 0.470. The second-order valence-electron chi connectivity index (χ2n) is 7.63. The van der Waals surface area contributed by atoms with Gasteiger partial charge in [-0.05, 0) is 55.2 Å². The normalized spacial score (nSPS) is 18.4. The first kappa shape index (κ1) is 23.0. The van der Waals surface area contributed by atoms with Crippen LogP contribution in [0.2, 0.25) is 0 Å². The van der Waals surface area contributed by atoms with Crippen molar-refractivity contribution in [2.24, 2.45) is 5.92 Å². The summed E-state index contributed by atoms with van der Waals surface area (Å²) >= 11 is 5.50. The molecule has 2 rings (SSSR count). The Kier molecular flexibility index (Phi) is 8.28. The van der Waals surface area contributed by atoms with Crippen molar-refractivity contribution in [1.29, 1.82) is 0 Å². The van der Waals surface area contributed by atoms with Crippen molar-refractivity contribution in [1.82, 2.24) is 20.4 Å². The summed E-state index contributed by atoms with van der Waals surface area (Å²) in [6.45, 7) is 6.06. The number of hydrogen-bond acceptors (Lipinski definition) is 5. The summed E-state index contributed by atoms with van der Waals surface area (Å²) in [5.74, 6) is -0.853. The summed E-state index contributed by atoms with van der Waals surface area (Å²) in [5.41, 5.74) is 0.849. The highest BCUT2D eigenvalue weighted by Crippen LogP contribution is 2.21. The molecule has 1 aromatic carbocycles. The molecule has 3 unspecified atom stereocenters. The maximum Gasteiger partial charge on any atom is 0.246 e. The molecular formula is C20H29ClN4O4. The van der Waals surface area contributed by atoms with Crippen molar-refractivity contribution >= 4 is 29.5 Å². The summed E-state index contributed by atoms with van der Waals surface area (Å²) in [6, 6.07) is 4.61. The molecule has 1 fully saturated rings. The number of halogens is 1. The molecule has 0 aliphatic carbocycles. The number of nitrogens with one attached hydrogen (secondary N) is 3. The Labute approximate surface area is 176 Å². The molecule has 0 saturated carbocycles. The van der Waals surface area contributed by atoms with Gasteiger partial charge in [0.05, 0.1) is 6.04 Å². The zero-order chi connectivity index (χ0) is 21.6. The maximum absolute atomic E-state index is 13.1. The largest absolute Gasteiger partial charge is 0.508 e. The molecule has 1 saturated heterocycles. The Hall–Kier alpha value is -2.32. The Morgan fingerprint density at radius 3 is 2.45 bits per heavy atom. The van der Waals surface area contributed by atoms with Gasteiger partial charge in [0.15, 0.2) is 0 Å². The fourth-order valence-electron chi connectivity index (χ4n) is 3.24. The molecule has 1 aromatic rings. The summed E-state index contributed by atoms with van der Waals surface area (Å²) in [7, 11) is 0. The van der Waals surface area contributed by atoms with E-state index in [0.717, 1.165) is 12.0 Å². The van der Waals surface area contributed by atoms with Gasteiger partial charge in [-0.3, -0.25) is 14.4 Å². The molecule has 0 spiro atoms. The van der Waals surface area contributed by atoms with E-state index in [1.807, 2.05) is 13.8 Å². The van der Waals surface area contributed by atoms with Crippen LogP contribution in [-0.4, -0.2) is 52.4 Å². The molecule has 29 heavy (non-hydrogen) atoms. The Morgan fingerprint density at radius 2 is 1.86 bits per heavy atom. The van der Waals surface area contributed by atoms with E-state index in [2.05, 4.69) is 15.5 Å². The highest BCUT2D eigenvalue weighted by Gasteiger charge is 2.38. The lowest BCUT2D eigenvalue weighted by atomic mass is 10.0. The lowest BCUT2D eigenvalue weighted by Gasteiger charge is -2.31. The van der Waals surface area contributed by atoms with E-state index < -0.39 is 18.1 Å². The lowest BCUT2D eigenvalue weighted by Crippen LogP contribution is -2.56. The molecule has 1 aliphatic rings. The predicted octanol–water partition coefficient (Wildman–Crippen LogP) is 1.27. The summed E-state index contributed by atoms with van der Waals surface area (Å²) in [5, 5.41) is 14.9. The van der Waals surface area contributed by atoms with Crippen LogP contribution in [0.3, 0.4) is 0 Å². The van der Waals surface area contributed by atoms with Gasteiger partial charge in [0, 0.05) is 13.1 Å². The van der Waals surface area contributed by atoms with Crippen LogP contribution in [0, 0.1) is 5.92 Å². The minimum atomic E-state index is -0.736. The number of rotatable bonds is 8. The lowest BCUT2D eigenvalue weighted by molar-refractivity contribution is -0.142. The fourth-order valence-corrected chi connectivity index (χ4v) is 3.34. The van der Waals surface area contributed by atoms with E-state index in [9.17, 15) is 19.5 Å². The Balaban J connectivity index is 2.02. The zero-order valence-corrected chi connectivity index (χ0v) is 17.7. The van der Waals surface area contributed by atoms with Crippen LogP contribution in [0.25, 0.3) is 0 Å². The predicted molar refractivity (Wildman–Crippen MR) is 110 cm³/mol. The van der Waals surface area contributed by atoms with Gasteiger partial charge in [0.1, 0.15) is 17.8 Å². The van der Waals surface area contributed by atoms with Crippen molar-refractivity contribution in [2.75, 3.05) is 6.54 Å². The third-order valence-corrected chi connectivity index (χ3v) is 5.36. The molecule has 1 aliphatic heterocycles. The second-order valence-corrected chi connectivity index (χ2v) is 7.85. The van der Waals surface area contributed by atoms with E-state index in [-0.39, 0.29) is 29.4 Å². The van der Waals surface area contributed by atoms with E-state index in [0.29, 0.717) is 19.5 Å². The third kappa shape index (κ3) is 6.08. The van der Waals surface area contributed by atoms with E-state index in [1.165, 1.54) is 0 Å². The molecule has 0 bridgehead atoms. The number of hydrogen-bond donors (Lipinski definition) is 4. The van der Waals surface area contributed by atoms with Crippen molar-refractivity contribution in [3.8, 4) is 5.75 Å². The number of nitrogens with zero attached hydrogens (tertiary/aromatic N) is 1. The van der Waals surface area contributed by atoms with Crippen LogP contribution in [0.15, 0.2) is 24.3 Å². The van der Waals surface area contributed by atoms with Crippen LogP contribution in [0.4, 0.5) is 0 Å². The van der Waals surface area contributed by atoms with Gasteiger partial charge in [0.2, 0.25) is 17.7 Å². The summed E-state index contributed by atoms with van der Waals surface area (Å²) in [4.78, 5) is 41.9. The molecule has 8 nitrogen and oxygen atoms in total. The van der Waals surface area contributed by atoms with Crippen LogP contribution in [0.5, 0.6) is 5.75 Å². The molecule has 160 valence electrons. The molecular weight excluding hydrogens is 396 g/mol. The molecule has 3 atom stereocenters. The van der Waals surface area contributed by atoms with E-state index in [1.54, 1.807) is 36.1 Å². The van der Waals surface area contributed by atoms with Crippen LogP contribution >= 0.6 is 11.8 Å². The van der Waals surface area contributed by atoms with Crippen molar-refractivity contribution in [2.45, 2.75) is 58.3 Å². The maximum atomic E-state index is 13.1. The van der Waals surface area contributed by atoms with Gasteiger partial charge in [-0.25, -0.2) is 4.84 Å². The number of carbonyl (C=O) groups is 3. The van der Waals surface area contributed by atoms with E-state index >= 15 is 0 Å². The zero-order valence-electron chi connectivity index (χ0n) is 16.9. The molecule has 9 heteroatoms. The molecule has 1 heterocycles. The van der Waals surface area contributed by atoms with Crippen LogP contribution in [0.1, 0.15) is 39.2 Å². The standard InChI is InChI=1S/C20H29ClN4O4/c1-12(2)17(23-18(27)13(3)24-21)20(29)25-10-4-5-16(25)19(28)22-11-14-6-8-15(26)9-7-14/h6-9,12-13,16-17,24,26H,4-5,10-11H2,1-3H3,(H,22,28)(H,23,27). The highest BCUT2D eigenvalue weighted by molar-refractivity contribution is 6.15. The van der Waals surface area contributed by atoms with Gasteiger partial charge >= 0.3 is 0 Å². The number of carbonyl (C=O) groups excluding carboxylic acids is 3. The molecule has 3 amide bonds. The van der Waals surface area contributed by atoms with Gasteiger partial charge in [-0.1, -0.05) is 26.0 Å². The number of phenolic OH excluding ortho intramolecular Hbond substituents is 1. The van der Waals surface area contributed by atoms with Crippen molar-refractivity contribution < 1.29 is 19.5 Å². The van der Waals surface area contributed by atoms with Crippen LogP contribution in [-0.2, 0) is 20.9 Å².